The highest BCUT2D eigenvalue weighted by atomic mass is 14.7. The van der Waals surface area contributed by atoms with Gasteiger partial charge in [0, 0.05) is 18.4 Å². The second-order valence-electron chi connectivity index (χ2n) is 5.29. The first-order valence-corrected chi connectivity index (χ1v) is 6.34. The normalized spacial score (nSPS) is 27.7. The van der Waals surface area contributed by atoms with Gasteiger partial charge in [0.05, 0.1) is 0 Å². The average molecular weight is 218 g/mol. The van der Waals surface area contributed by atoms with E-state index in [2.05, 4.69) is 24.9 Å². The summed E-state index contributed by atoms with van der Waals surface area (Å²) in [5.41, 5.74) is 8.91. The van der Waals surface area contributed by atoms with Crippen molar-refractivity contribution in [3.8, 4) is 0 Å². The van der Waals surface area contributed by atoms with Gasteiger partial charge in [-0.2, -0.15) is 0 Å². The van der Waals surface area contributed by atoms with Crippen LogP contribution < -0.4 is 5.73 Å². The van der Waals surface area contributed by atoms with Crippen LogP contribution in [0.4, 0.5) is 0 Å². The fraction of sp³-hybridized carbons (Fsp3) is 0.643. The summed E-state index contributed by atoms with van der Waals surface area (Å²) >= 11 is 0. The molecule has 3 atom stereocenters. The highest BCUT2D eigenvalue weighted by Gasteiger charge is 2.26. The average Bonchev–Trinajstić information content (AvgIpc) is 2.29. The Hall–Kier alpha value is -0.890. The van der Waals surface area contributed by atoms with Gasteiger partial charge in [-0.25, -0.2) is 0 Å². The van der Waals surface area contributed by atoms with E-state index in [0.29, 0.717) is 5.92 Å². The number of aryl methyl sites for hydroxylation is 1. The first kappa shape index (κ1) is 11.6. The quantitative estimate of drug-likeness (QED) is 0.827. The van der Waals surface area contributed by atoms with Gasteiger partial charge in [0.2, 0.25) is 0 Å². The van der Waals surface area contributed by atoms with Crippen molar-refractivity contribution < 1.29 is 0 Å². The molecule has 1 aromatic heterocycles. The fourth-order valence-electron chi connectivity index (χ4n) is 2.89. The summed E-state index contributed by atoms with van der Waals surface area (Å²) in [7, 11) is 0. The maximum atomic E-state index is 6.39. The number of rotatable bonds is 2. The molecule has 1 aromatic rings. The third-order valence-electron chi connectivity index (χ3n) is 3.92. The molecular weight excluding hydrogens is 196 g/mol. The Labute approximate surface area is 98.3 Å². The van der Waals surface area contributed by atoms with E-state index in [1.54, 1.807) is 0 Å². The van der Waals surface area contributed by atoms with E-state index in [9.17, 15) is 0 Å². The van der Waals surface area contributed by atoms with Gasteiger partial charge < -0.3 is 5.73 Å². The minimum Gasteiger partial charge on any atom is -0.324 e. The largest absolute Gasteiger partial charge is 0.324 e. The van der Waals surface area contributed by atoms with Crippen molar-refractivity contribution in [2.24, 2.45) is 17.6 Å². The topological polar surface area (TPSA) is 38.9 Å². The molecule has 1 aliphatic rings. The van der Waals surface area contributed by atoms with Crippen LogP contribution >= 0.6 is 0 Å². The predicted octanol–water partition coefficient (Wildman–Crippen LogP) is 3.22. The van der Waals surface area contributed by atoms with E-state index in [0.717, 1.165) is 5.92 Å². The minimum atomic E-state index is 0.177. The first-order chi connectivity index (χ1) is 7.68. The van der Waals surface area contributed by atoms with E-state index in [1.807, 2.05) is 12.4 Å². The minimum absolute atomic E-state index is 0.177. The Bertz CT molecular complexity index is 348. The second kappa shape index (κ2) is 4.96. The van der Waals surface area contributed by atoms with Gasteiger partial charge in [0.15, 0.2) is 0 Å². The molecule has 2 rings (SSSR count). The van der Waals surface area contributed by atoms with Crippen LogP contribution in [0.3, 0.4) is 0 Å². The lowest BCUT2D eigenvalue weighted by molar-refractivity contribution is 0.247. The summed E-state index contributed by atoms with van der Waals surface area (Å²) in [5.74, 6) is 1.48. The zero-order valence-corrected chi connectivity index (χ0v) is 10.3. The van der Waals surface area contributed by atoms with Crippen LogP contribution in [0.15, 0.2) is 18.5 Å². The molecular formula is C14H22N2. The molecule has 0 saturated heterocycles. The highest BCUT2D eigenvalue weighted by Crippen LogP contribution is 2.36. The Kier molecular flexibility index (Phi) is 3.59. The fourth-order valence-corrected chi connectivity index (χ4v) is 2.89. The number of nitrogens with two attached hydrogens (primary N) is 1. The molecule has 2 heteroatoms. The first-order valence-electron chi connectivity index (χ1n) is 6.34. The van der Waals surface area contributed by atoms with Crippen LogP contribution in [-0.2, 0) is 0 Å². The van der Waals surface area contributed by atoms with Crippen molar-refractivity contribution in [3.05, 3.63) is 29.6 Å². The SMILES string of the molecule is Cc1ccncc1C(N)C1CCCC(C)C1. The van der Waals surface area contributed by atoms with Crippen LogP contribution in [0.2, 0.25) is 0 Å². The zero-order chi connectivity index (χ0) is 11.5. The zero-order valence-electron chi connectivity index (χ0n) is 10.3. The van der Waals surface area contributed by atoms with E-state index in [4.69, 9.17) is 5.73 Å². The summed E-state index contributed by atoms with van der Waals surface area (Å²) in [6.07, 6.45) is 9.04. The van der Waals surface area contributed by atoms with Crippen LogP contribution in [0.25, 0.3) is 0 Å². The maximum Gasteiger partial charge on any atom is 0.0341 e. The molecule has 88 valence electrons. The monoisotopic (exact) mass is 218 g/mol. The smallest absolute Gasteiger partial charge is 0.0341 e. The third kappa shape index (κ3) is 2.43. The number of hydrogen-bond acceptors (Lipinski definition) is 2. The van der Waals surface area contributed by atoms with Crippen molar-refractivity contribution >= 4 is 0 Å². The predicted molar refractivity (Wildman–Crippen MR) is 67.0 cm³/mol. The lowest BCUT2D eigenvalue weighted by Crippen LogP contribution is -2.26. The van der Waals surface area contributed by atoms with Crippen molar-refractivity contribution in [1.29, 1.82) is 0 Å². The van der Waals surface area contributed by atoms with Crippen molar-refractivity contribution in [2.75, 3.05) is 0 Å². The molecule has 0 aliphatic heterocycles. The van der Waals surface area contributed by atoms with Gasteiger partial charge in [-0.1, -0.05) is 19.8 Å². The Balaban J connectivity index is 2.12. The van der Waals surface area contributed by atoms with Gasteiger partial charge in [-0.05, 0) is 48.8 Å². The third-order valence-corrected chi connectivity index (χ3v) is 3.92. The summed E-state index contributed by atoms with van der Waals surface area (Å²) in [4.78, 5) is 4.20. The Morgan fingerprint density at radius 1 is 1.44 bits per heavy atom. The summed E-state index contributed by atoms with van der Waals surface area (Å²) in [6.45, 7) is 4.47. The lowest BCUT2D eigenvalue weighted by atomic mass is 9.77. The van der Waals surface area contributed by atoms with Crippen molar-refractivity contribution in [3.63, 3.8) is 0 Å². The molecule has 16 heavy (non-hydrogen) atoms. The molecule has 3 unspecified atom stereocenters. The summed E-state index contributed by atoms with van der Waals surface area (Å²) < 4.78 is 0. The number of aromatic nitrogens is 1. The Morgan fingerprint density at radius 2 is 2.25 bits per heavy atom. The van der Waals surface area contributed by atoms with Gasteiger partial charge in [0.1, 0.15) is 0 Å². The molecule has 0 bridgehead atoms. The molecule has 1 heterocycles. The molecule has 0 spiro atoms. The standard InChI is InChI=1S/C14H22N2/c1-10-4-3-5-12(8-10)14(15)13-9-16-7-6-11(13)2/h6-7,9-10,12,14H,3-5,8,15H2,1-2H3. The molecule has 0 radical (unpaired) electrons. The lowest BCUT2D eigenvalue weighted by Gasteiger charge is -2.31. The van der Waals surface area contributed by atoms with Gasteiger partial charge >= 0.3 is 0 Å². The summed E-state index contributed by atoms with van der Waals surface area (Å²) in [6, 6.07) is 2.23. The summed E-state index contributed by atoms with van der Waals surface area (Å²) in [5, 5.41) is 0. The maximum absolute atomic E-state index is 6.39. The van der Waals surface area contributed by atoms with Gasteiger partial charge in [-0.3, -0.25) is 4.98 Å². The van der Waals surface area contributed by atoms with Crippen LogP contribution in [-0.4, -0.2) is 4.98 Å². The number of pyridine rings is 1. The molecule has 1 fully saturated rings. The molecule has 1 aliphatic carbocycles. The molecule has 0 amide bonds. The van der Waals surface area contributed by atoms with Crippen molar-refractivity contribution in [2.45, 2.75) is 45.6 Å². The highest BCUT2D eigenvalue weighted by molar-refractivity contribution is 5.25. The van der Waals surface area contributed by atoms with Crippen LogP contribution in [0.1, 0.15) is 49.8 Å². The van der Waals surface area contributed by atoms with Crippen molar-refractivity contribution in [1.82, 2.24) is 4.98 Å². The number of nitrogens with zero attached hydrogens (tertiary/aromatic N) is 1. The van der Waals surface area contributed by atoms with Gasteiger partial charge in [0.25, 0.3) is 0 Å². The van der Waals surface area contributed by atoms with Gasteiger partial charge in [-0.15, -0.1) is 0 Å². The van der Waals surface area contributed by atoms with E-state index in [-0.39, 0.29) is 6.04 Å². The molecule has 2 nitrogen and oxygen atoms in total. The molecule has 1 saturated carbocycles. The van der Waals surface area contributed by atoms with E-state index >= 15 is 0 Å². The molecule has 2 N–H and O–H groups in total. The number of hydrogen-bond donors (Lipinski definition) is 1. The van der Waals surface area contributed by atoms with Crippen LogP contribution in [0, 0.1) is 18.8 Å². The molecule has 0 aromatic carbocycles. The van der Waals surface area contributed by atoms with Crippen LogP contribution in [0.5, 0.6) is 0 Å². The second-order valence-corrected chi connectivity index (χ2v) is 5.29. The van der Waals surface area contributed by atoms with E-state index < -0.39 is 0 Å². The Morgan fingerprint density at radius 3 is 2.94 bits per heavy atom. The van der Waals surface area contributed by atoms with E-state index in [1.165, 1.54) is 36.8 Å².